The fourth-order valence-electron chi connectivity index (χ4n) is 1.74. The monoisotopic (exact) mass is 264 g/mol. The van der Waals surface area contributed by atoms with E-state index in [9.17, 15) is 4.39 Å². The van der Waals surface area contributed by atoms with E-state index in [0.717, 1.165) is 18.5 Å². The molecular weight excluding hydrogens is 247 g/mol. The van der Waals surface area contributed by atoms with Crippen molar-refractivity contribution in [3.8, 4) is 0 Å². The van der Waals surface area contributed by atoms with Gasteiger partial charge in [-0.25, -0.2) is 4.39 Å². The first-order valence-corrected chi connectivity index (χ1v) is 6.92. The van der Waals surface area contributed by atoms with Gasteiger partial charge in [-0.1, -0.05) is 6.92 Å². The fourth-order valence-corrected chi connectivity index (χ4v) is 2.65. The molecule has 2 aromatic heterocycles. The highest BCUT2D eigenvalue weighted by Crippen LogP contribution is 2.18. The van der Waals surface area contributed by atoms with Crippen molar-refractivity contribution in [2.24, 2.45) is 0 Å². The second kappa shape index (κ2) is 6.07. The van der Waals surface area contributed by atoms with E-state index in [1.54, 1.807) is 6.20 Å². The molecule has 1 unspecified atom stereocenters. The van der Waals surface area contributed by atoms with Crippen LogP contribution in [0.25, 0.3) is 0 Å². The number of nitrogens with one attached hydrogen (secondary N) is 1. The van der Waals surface area contributed by atoms with E-state index in [1.165, 1.54) is 22.0 Å². The Bertz CT molecular complexity index is 510. The maximum absolute atomic E-state index is 13.1. The molecule has 0 fully saturated rings. The maximum atomic E-state index is 13.1. The number of pyridine rings is 1. The van der Waals surface area contributed by atoms with Gasteiger partial charge in [-0.05, 0) is 37.1 Å². The molecular formula is C14H17FN2S. The molecule has 0 aliphatic carbocycles. The molecule has 2 heterocycles. The molecule has 18 heavy (non-hydrogen) atoms. The van der Waals surface area contributed by atoms with Crippen molar-refractivity contribution in [1.29, 1.82) is 0 Å². The van der Waals surface area contributed by atoms with E-state index >= 15 is 0 Å². The Morgan fingerprint density at radius 1 is 1.33 bits per heavy atom. The van der Waals surface area contributed by atoms with Crippen LogP contribution in [0, 0.1) is 5.82 Å². The molecule has 0 amide bonds. The van der Waals surface area contributed by atoms with Crippen LogP contribution >= 0.6 is 11.3 Å². The molecule has 0 bridgehead atoms. The highest BCUT2D eigenvalue weighted by molar-refractivity contribution is 7.11. The fraction of sp³-hybridized carbons (Fsp3) is 0.357. The highest BCUT2D eigenvalue weighted by atomic mass is 32.1. The summed E-state index contributed by atoms with van der Waals surface area (Å²) in [5.74, 6) is -0.287. The second-order valence-electron chi connectivity index (χ2n) is 4.26. The minimum atomic E-state index is -0.287. The number of aromatic nitrogens is 1. The molecule has 0 saturated heterocycles. The number of hydrogen-bond acceptors (Lipinski definition) is 3. The predicted octanol–water partition coefficient (Wildman–Crippen LogP) is 3.70. The Kier molecular flexibility index (Phi) is 4.44. The van der Waals surface area contributed by atoms with Crippen LogP contribution in [0.4, 0.5) is 4.39 Å². The summed E-state index contributed by atoms with van der Waals surface area (Å²) in [5.41, 5.74) is 0.877. The van der Waals surface area contributed by atoms with Crippen molar-refractivity contribution in [3.05, 3.63) is 51.7 Å². The Balaban J connectivity index is 1.93. The van der Waals surface area contributed by atoms with E-state index in [-0.39, 0.29) is 11.9 Å². The molecule has 0 aliphatic rings. The van der Waals surface area contributed by atoms with Crippen LogP contribution in [0.3, 0.4) is 0 Å². The van der Waals surface area contributed by atoms with Gasteiger partial charge in [0.05, 0.1) is 6.20 Å². The topological polar surface area (TPSA) is 24.9 Å². The summed E-state index contributed by atoms with van der Waals surface area (Å²) in [7, 11) is 0. The van der Waals surface area contributed by atoms with E-state index in [1.807, 2.05) is 18.3 Å². The van der Waals surface area contributed by atoms with Gasteiger partial charge in [0.1, 0.15) is 5.82 Å². The number of nitrogens with zero attached hydrogens (tertiary/aromatic N) is 1. The van der Waals surface area contributed by atoms with Crippen molar-refractivity contribution < 1.29 is 4.39 Å². The summed E-state index contributed by atoms with van der Waals surface area (Å²) in [4.78, 5) is 6.57. The van der Waals surface area contributed by atoms with Gasteiger partial charge in [0.2, 0.25) is 0 Å². The summed E-state index contributed by atoms with van der Waals surface area (Å²) in [5, 5.41) is 3.38. The minimum absolute atomic E-state index is 0.0976. The first kappa shape index (κ1) is 13.2. The molecule has 2 rings (SSSR count). The summed E-state index contributed by atoms with van der Waals surface area (Å²) < 4.78 is 13.1. The number of hydrogen-bond donors (Lipinski definition) is 1. The lowest BCUT2D eigenvalue weighted by atomic mass is 10.1. The zero-order valence-corrected chi connectivity index (χ0v) is 11.4. The Labute approximate surface area is 111 Å². The van der Waals surface area contributed by atoms with Gasteiger partial charge in [-0.15, -0.1) is 11.3 Å². The molecule has 0 saturated carbocycles. The average Bonchev–Trinajstić information content (AvgIpc) is 2.84. The van der Waals surface area contributed by atoms with Gasteiger partial charge in [0.25, 0.3) is 0 Å². The zero-order valence-electron chi connectivity index (χ0n) is 10.6. The second-order valence-corrected chi connectivity index (χ2v) is 5.51. The maximum Gasteiger partial charge on any atom is 0.141 e. The van der Waals surface area contributed by atoms with Crippen molar-refractivity contribution >= 4 is 11.3 Å². The molecule has 96 valence electrons. The lowest BCUT2D eigenvalue weighted by Crippen LogP contribution is -2.17. The SMILES string of the molecule is CCc1ccc(CNC(C)c2cncc(F)c2)s1. The predicted molar refractivity (Wildman–Crippen MR) is 73.1 cm³/mol. The van der Waals surface area contributed by atoms with E-state index in [0.29, 0.717) is 0 Å². The van der Waals surface area contributed by atoms with Crippen molar-refractivity contribution in [2.45, 2.75) is 32.9 Å². The molecule has 0 spiro atoms. The van der Waals surface area contributed by atoms with Gasteiger partial charge in [0, 0.05) is 28.5 Å². The van der Waals surface area contributed by atoms with Crippen molar-refractivity contribution in [1.82, 2.24) is 10.3 Å². The Morgan fingerprint density at radius 3 is 2.78 bits per heavy atom. The number of rotatable bonds is 5. The van der Waals surface area contributed by atoms with Gasteiger partial charge in [-0.3, -0.25) is 4.98 Å². The minimum Gasteiger partial charge on any atom is -0.305 e. The summed E-state index contributed by atoms with van der Waals surface area (Å²) >= 11 is 1.82. The summed E-state index contributed by atoms with van der Waals surface area (Å²) in [6.07, 6.45) is 4.00. The van der Waals surface area contributed by atoms with Crippen LogP contribution in [0.15, 0.2) is 30.6 Å². The molecule has 1 atom stereocenters. The van der Waals surface area contributed by atoms with Crippen LogP contribution in [0.1, 0.15) is 35.2 Å². The highest BCUT2D eigenvalue weighted by Gasteiger charge is 2.07. The van der Waals surface area contributed by atoms with E-state index in [2.05, 4.69) is 29.4 Å². The number of aryl methyl sites for hydroxylation is 1. The molecule has 2 nitrogen and oxygen atoms in total. The third-order valence-electron chi connectivity index (χ3n) is 2.87. The van der Waals surface area contributed by atoms with Crippen LogP contribution < -0.4 is 5.32 Å². The van der Waals surface area contributed by atoms with Crippen molar-refractivity contribution in [2.75, 3.05) is 0 Å². The molecule has 0 aromatic carbocycles. The normalized spacial score (nSPS) is 12.6. The number of halogens is 1. The quantitative estimate of drug-likeness (QED) is 0.890. The molecule has 2 aromatic rings. The molecule has 4 heteroatoms. The Morgan fingerprint density at radius 2 is 2.11 bits per heavy atom. The largest absolute Gasteiger partial charge is 0.305 e. The lowest BCUT2D eigenvalue weighted by Gasteiger charge is -2.13. The van der Waals surface area contributed by atoms with Gasteiger partial charge >= 0.3 is 0 Å². The van der Waals surface area contributed by atoms with Crippen LogP contribution in [0.2, 0.25) is 0 Å². The van der Waals surface area contributed by atoms with Crippen LogP contribution in [-0.2, 0) is 13.0 Å². The summed E-state index contributed by atoms with van der Waals surface area (Å²) in [6.45, 7) is 4.98. The average molecular weight is 264 g/mol. The Hall–Kier alpha value is -1.26. The van der Waals surface area contributed by atoms with Crippen molar-refractivity contribution in [3.63, 3.8) is 0 Å². The lowest BCUT2D eigenvalue weighted by molar-refractivity contribution is 0.564. The number of thiophene rings is 1. The van der Waals surface area contributed by atoms with E-state index in [4.69, 9.17) is 0 Å². The first-order valence-electron chi connectivity index (χ1n) is 6.10. The molecule has 0 aliphatic heterocycles. The van der Waals surface area contributed by atoms with Crippen LogP contribution in [0.5, 0.6) is 0 Å². The standard InChI is InChI=1S/C14H17FN2S/c1-3-13-4-5-14(18-13)9-17-10(2)11-6-12(15)8-16-7-11/h4-8,10,17H,3,9H2,1-2H3. The summed E-state index contributed by atoms with van der Waals surface area (Å²) in [6, 6.07) is 5.93. The first-order chi connectivity index (χ1) is 8.69. The zero-order chi connectivity index (χ0) is 13.0. The van der Waals surface area contributed by atoms with Gasteiger partial charge in [0.15, 0.2) is 0 Å². The van der Waals surface area contributed by atoms with Gasteiger partial charge in [-0.2, -0.15) is 0 Å². The van der Waals surface area contributed by atoms with Gasteiger partial charge < -0.3 is 5.32 Å². The van der Waals surface area contributed by atoms with E-state index < -0.39 is 0 Å². The third-order valence-corrected chi connectivity index (χ3v) is 4.10. The van der Waals surface area contributed by atoms with Crippen LogP contribution in [-0.4, -0.2) is 4.98 Å². The molecule has 0 radical (unpaired) electrons. The third kappa shape index (κ3) is 3.37. The molecule has 1 N–H and O–H groups in total. The smallest absolute Gasteiger partial charge is 0.141 e.